The van der Waals surface area contributed by atoms with E-state index in [4.69, 9.17) is 5.73 Å². The highest BCUT2D eigenvalue weighted by Crippen LogP contribution is 2.08. The summed E-state index contributed by atoms with van der Waals surface area (Å²) in [6.45, 7) is 6.15. The van der Waals surface area contributed by atoms with Crippen LogP contribution in [0.15, 0.2) is 30.3 Å². The van der Waals surface area contributed by atoms with Gasteiger partial charge < -0.3 is 11.1 Å². The first-order chi connectivity index (χ1) is 7.99. The number of benzene rings is 1. The third-order valence-electron chi connectivity index (χ3n) is 2.71. The van der Waals surface area contributed by atoms with E-state index in [1.807, 2.05) is 31.2 Å². The molecule has 1 amide bonds. The SMILES string of the molecule is CC(C)C(C)NC(=O)/C=C/c1cccc(N)c1. The monoisotopic (exact) mass is 232 g/mol. The van der Waals surface area contributed by atoms with E-state index in [0.717, 1.165) is 5.56 Å². The van der Waals surface area contributed by atoms with Crippen molar-refractivity contribution < 1.29 is 4.79 Å². The maximum absolute atomic E-state index is 11.6. The largest absolute Gasteiger partial charge is 0.399 e. The molecule has 0 saturated carbocycles. The minimum Gasteiger partial charge on any atom is -0.399 e. The van der Waals surface area contributed by atoms with E-state index >= 15 is 0 Å². The Morgan fingerprint density at radius 2 is 2.06 bits per heavy atom. The van der Waals surface area contributed by atoms with E-state index in [0.29, 0.717) is 11.6 Å². The summed E-state index contributed by atoms with van der Waals surface area (Å²) < 4.78 is 0. The maximum Gasteiger partial charge on any atom is 0.244 e. The van der Waals surface area contributed by atoms with Gasteiger partial charge in [0.25, 0.3) is 0 Å². The summed E-state index contributed by atoms with van der Waals surface area (Å²) in [5, 5.41) is 2.91. The number of amides is 1. The molecule has 17 heavy (non-hydrogen) atoms. The number of carbonyl (C=O) groups excluding carboxylic acids is 1. The molecular weight excluding hydrogens is 212 g/mol. The van der Waals surface area contributed by atoms with E-state index in [9.17, 15) is 4.79 Å². The molecule has 0 heterocycles. The molecule has 1 aromatic rings. The molecule has 3 heteroatoms. The lowest BCUT2D eigenvalue weighted by Crippen LogP contribution is -2.34. The first-order valence-corrected chi connectivity index (χ1v) is 5.83. The Morgan fingerprint density at radius 1 is 1.35 bits per heavy atom. The zero-order valence-electron chi connectivity index (χ0n) is 10.6. The molecule has 1 aromatic carbocycles. The highest BCUT2D eigenvalue weighted by Gasteiger charge is 2.07. The van der Waals surface area contributed by atoms with Crippen LogP contribution in [0.25, 0.3) is 6.08 Å². The molecule has 0 spiro atoms. The molecule has 1 rings (SSSR count). The smallest absolute Gasteiger partial charge is 0.244 e. The lowest BCUT2D eigenvalue weighted by atomic mass is 10.1. The third-order valence-corrected chi connectivity index (χ3v) is 2.71. The predicted octanol–water partition coefficient (Wildman–Crippen LogP) is 2.44. The molecule has 0 bridgehead atoms. The molecule has 0 aliphatic rings. The lowest BCUT2D eigenvalue weighted by Gasteiger charge is -2.15. The standard InChI is InChI=1S/C14H20N2O/c1-10(2)11(3)16-14(17)8-7-12-5-4-6-13(15)9-12/h4-11H,15H2,1-3H3,(H,16,17)/b8-7+. The first-order valence-electron chi connectivity index (χ1n) is 5.83. The van der Waals surface area contributed by atoms with Crippen molar-refractivity contribution in [3.05, 3.63) is 35.9 Å². The number of rotatable bonds is 4. The number of carbonyl (C=O) groups is 1. The molecule has 0 radical (unpaired) electrons. The van der Waals surface area contributed by atoms with Crippen LogP contribution in [0.3, 0.4) is 0 Å². The van der Waals surface area contributed by atoms with E-state index in [1.54, 1.807) is 6.08 Å². The van der Waals surface area contributed by atoms with Gasteiger partial charge >= 0.3 is 0 Å². The van der Waals surface area contributed by atoms with Crippen LogP contribution in [0.2, 0.25) is 0 Å². The summed E-state index contributed by atoms with van der Waals surface area (Å²) in [7, 11) is 0. The van der Waals surface area contributed by atoms with E-state index in [-0.39, 0.29) is 11.9 Å². The number of anilines is 1. The van der Waals surface area contributed by atoms with Crippen LogP contribution < -0.4 is 11.1 Å². The summed E-state index contributed by atoms with van der Waals surface area (Å²) in [5.74, 6) is 0.355. The molecule has 0 aliphatic heterocycles. The normalized spacial score (nSPS) is 12.9. The Balaban J connectivity index is 2.57. The molecule has 1 atom stereocenters. The Labute approximate surface area is 103 Å². The van der Waals surface area contributed by atoms with E-state index in [1.165, 1.54) is 6.08 Å². The van der Waals surface area contributed by atoms with Crippen LogP contribution in [0.4, 0.5) is 5.69 Å². The van der Waals surface area contributed by atoms with Gasteiger partial charge in [-0.15, -0.1) is 0 Å². The highest BCUT2D eigenvalue weighted by atomic mass is 16.1. The number of nitrogens with one attached hydrogen (secondary N) is 1. The van der Waals surface area contributed by atoms with Crippen LogP contribution in [0.5, 0.6) is 0 Å². The minimum atomic E-state index is -0.0753. The fourth-order valence-corrected chi connectivity index (χ4v) is 1.27. The number of hydrogen-bond donors (Lipinski definition) is 2. The van der Waals surface area contributed by atoms with Crippen molar-refractivity contribution in [2.45, 2.75) is 26.8 Å². The van der Waals surface area contributed by atoms with Crippen LogP contribution >= 0.6 is 0 Å². The number of nitrogens with two attached hydrogens (primary N) is 1. The molecule has 92 valence electrons. The van der Waals surface area contributed by atoms with E-state index in [2.05, 4.69) is 19.2 Å². The quantitative estimate of drug-likeness (QED) is 0.619. The van der Waals surface area contributed by atoms with Crippen LogP contribution in [0, 0.1) is 5.92 Å². The van der Waals surface area contributed by atoms with Crippen LogP contribution in [0.1, 0.15) is 26.3 Å². The van der Waals surface area contributed by atoms with Gasteiger partial charge in [-0.1, -0.05) is 26.0 Å². The molecule has 0 fully saturated rings. The van der Waals surface area contributed by atoms with Crippen LogP contribution in [-0.2, 0) is 4.79 Å². The van der Waals surface area contributed by atoms with E-state index < -0.39 is 0 Å². The molecule has 0 aliphatic carbocycles. The zero-order valence-corrected chi connectivity index (χ0v) is 10.6. The van der Waals surface area contributed by atoms with Crippen molar-refractivity contribution >= 4 is 17.7 Å². The fourth-order valence-electron chi connectivity index (χ4n) is 1.27. The Hall–Kier alpha value is -1.77. The van der Waals surface area contributed by atoms with Crippen molar-refractivity contribution in [2.24, 2.45) is 5.92 Å². The first kappa shape index (κ1) is 13.3. The van der Waals surface area contributed by atoms with Gasteiger partial charge in [-0.2, -0.15) is 0 Å². The highest BCUT2D eigenvalue weighted by molar-refractivity contribution is 5.92. The Bertz CT molecular complexity index is 410. The number of hydrogen-bond acceptors (Lipinski definition) is 2. The summed E-state index contributed by atoms with van der Waals surface area (Å²) in [4.78, 5) is 11.6. The van der Waals surface area contributed by atoms with Crippen LogP contribution in [-0.4, -0.2) is 11.9 Å². The summed E-state index contributed by atoms with van der Waals surface area (Å²) >= 11 is 0. The summed E-state index contributed by atoms with van der Waals surface area (Å²) in [6, 6.07) is 7.59. The predicted molar refractivity (Wildman–Crippen MR) is 72.3 cm³/mol. The van der Waals surface area contributed by atoms with Gasteiger partial charge in [0, 0.05) is 17.8 Å². The molecule has 1 unspecified atom stereocenters. The van der Waals surface area contributed by atoms with Crippen molar-refractivity contribution in [3.63, 3.8) is 0 Å². The number of nitrogen functional groups attached to an aromatic ring is 1. The minimum absolute atomic E-state index is 0.0753. The fraction of sp³-hybridized carbons (Fsp3) is 0.357. The van der Waals surface area contributed by atoms with Crippen molar-refractivity contribution in [2.75, 3.05) is 5.73 Å². The maximum atomic E-state index is 11.6. The molecule has 3 N–H and O–H groups in total. The average Bonchev–Trinajstić information content (AvgIpc) is 2.26. The van der Waals surface area contributed by atoms with Gasteiger partial charge in [0.2, 0.25) is 5.91 Å². The second kappa shape index (κ2) is 6.09. The second-order valence-corrected chi connectivity index (χ2v) is 4.54. The average molecular weight is 232 g/mol. The van der Waals surface area contributed by atoms with Gasteiger partial charge in [-0.3, -0.25) is 4.79 Å². The van der Waals surface area contributed by atoms with Crippen molar-refractivity contribution in [1.29, 1.82) is 0 Å². The summed E-state index contributed by atoms with van der Waals surface area (Å²) in [6.07, 6.45) is 3.30. The second-order valence-electron chi connectivity index (χ2n) is 4.54. The Morgan fingerprint density at radius 3 is 2.65 bits per heavy atom. The summed E-state index contributed by atoms with van der Waals surface area (Å²) in [5.41, 5.74) is 7.28. The van der Waals surface area contributed by atoms with Crippen molar-refractivity contribution in [3.8, 4) is 0 Å². The molecule has 0 saturated heterocycles. The molecular formula is C14H20N2O. The molecule has 0 aromatic heterocycles. The van der Waals surface area contributed by atoms with Gasteiger partial charge in [0.15, 0.2) is 0 Å². The molecule has 3 nitrogen and oxygen atoms in total. The topological polar surface area (TPSA) is 55.1 Å². The van der Waals surface area contributed by atoms with Crippen molar-refractivity contribution in [1.82, 2.24) is 5.32 Å². The zero-order chi connectivity index (χ0) is 12.8. The third kappa shape index (κ3) is 4.72. The Kier molecular flexibility index (Phi) is 4.76. The van der Waals surface area contributed by atoms with Gasteiger partial charge in [-0.05, 0) is 36.6 Å². The van der Waals surface area contributed by atoms with Gasteiger partial charge in [0.1, 0.15) is 0 Å². The van der Waals surface area contributed by atoms with Gasteiger partial charge in [-0.25, -0.2) is 0 Å². The van der Waals surface area contributed by atoms with Gasteiger partial charge in [0.05, 0.1) is 0 Å². The lowest BCUT2D eigenvalue weighted by molar-refractivity contribution is -0.117.